The quantitative estimate of drug-likeness (QED) is 0.860. The van der Waals surface area contributed by atoms with Crippen LogP contribution in [-0.2, 0) is 4.79 Å². The molecule has 1 aromatic carbocycles. The summed E-state index contributed by atoms with van der Waals surface area (Å²) in [6, 6.07) is 8.51. The summed E-state index contributed by atoms with van der Waals surface area (Å²) in [5.41, 5.74) is 1.22. The van der Waals surface area contributed by atoms with Crippen LogP contribution in [-0.4, -0.2) is 41.7 Å². The van der Waals surface area contributed by atoms with Gasteiger partial charge >= 0.3 is 5.97 Å². The first-order chi connectivity index (χ1) is 8.74. The number of fused-ring (bicyclic) bond motifs is 1. The lowest BCUT2D eigenvalue weighted by atomic mass is 10.0. The van der Waals surface area contributed by atoms with Crippen LogP contribution in [0.4, 0.5) is 0 Å². The van der Waals surface area contributed by atoms with Gasteiger partial charge in [-0.25, -0.2) is 0 Å². The molecule has 4 nitrogen and oxygen atoms in total. The Kier molecular flexibility index (Phi) is 2.96. The first-order valence-electron chi connectivity index (χ1n) is 6.41. The van der Waals surface area contributed by atoms with E-state index in [0.29, 0.717) is 18.6 Å². The molecule has 1 atom stereocenters. The lowest BCUT2D eigenvalue weighted by Gasteiger charge is -2.22. The Morgan fingerprint density at radius 1 is 1.39 bits per heavy atom. The van der Waals surface area contributed by atoms with Crippen molar-refractivity contribution >= 4 is 5.97 Å². The number of rotatable bonds is 5. The maximum absolute atomic E-state index is 10.9. The van der Waals surface area contributed by atoms with Crippen LogP contribution in [0.1, 0.15) is 24.3 Å². The summed E-state index contributed by atoms with van der Waals surface area (Å²) in [4.78, 5) is 13.0. The highest BCUT2D eigenvalue weighted by Crippen LogP contribution is 2.36. The lowest BCUT2D eigenvalue weighted by Crippen LogP contribution is -2.35. The molecule has 0 amide bonds. The molecular weight excluding hydrogens is 230 g/mol. The van der Waals surface area contributed by atoms with Crippen molar-refractivity contribution in [1.29, 1.82) is 0 Å². The van der Waals surface area contributed by atoms with Gasteiger partial charge in [0, 0.05) is 24.1 Å². The molecule has 2 aliphatic rings. The van der Waals surface area contributed by atoms with Crippen LogP contribution in [0, 0.1) is 0 Å². The van der Waals surface area contributed by atoms with Crippen LogP contribution >= 0.6 is 0 Å². The van der Waals surface area contributed by atoms with E-state index in [1.165, 1.54) is 5.56 Å². The maximum Gasteiger partial charge on any atom is 0.317 e. The molecule has 0 spiro atoms. The van der Waals surface area contributed by atoms with E-state index in [4.69, 9.17) is 9.84 Å². The summed E-state index contributed by atoms with van der Waals surface area (Å²) < 4.78 is 5.64. The van der Waals surface area contributed by atoms with Gasteiger partial charge in [0.2, 0.25) is 0 Å². The van der Waals surface area contributed by atoms with Crippen molar-refractivity contribution in [3.8, 4) is 5.75 Å². The number of benzene rings is 1. The molecule has 1 aliphatic heterocycles. The molecule has 3 rings (SSSR count). The van der Waals surface area contributed by atoms with Crippen molar-refractivity contribution in [1.82, 2.24) is 4.90 Å². The van der Waals surface area contributed by atoms with Gasteiger partial charge in [-0.1, -0.05) is 18.2 Å². The van der Waals surface area contributed by atoms with Gasteiger partial charge in [0.25, 0.3) is 0 Å². The minimum atomic E-state index is -0.742. The third kappa shape index (κ3) is 2.34. The van der Waals surface area contributed by atoms with Crippen molar-refractivity contribution in [2.45, 2.75) is 24.8 Å². The number of carboxylic acid groups (broad SMARTS) is 1. The van der Waals surface area contributed by atoms with E-state index in [1.54, 1.807) is 0 Å². The minimum absolute atomic E-state index is 0.142. The number of hydrogen-bond donors (Lipinski definition) is 1. The van der Waals surface area contributed by atoms with Crippen molar-refractivity contribution in [2.75, 3.05) is 19.7 Å². The molecule has 0 radical (unpaired) electrons. The zero-order valence-corrected chi connectivity index (χ0v) is 10.2. The van der Waals surface area contributed by atoms with Gasteiger partial charge in [-0.05, 0) is 18.9 Å². The predicted molar refractivity (Wildman–Crippen MR) is 66.9 cm³/mol. The molecule has 4 heteroatoms. The lowest BCUT2D eigenvalue weighted by molar-refractivity contribution is -0.138. The highest BCUT2D eigenvalue weighted by Gasteiger charge is 2.34. The fraction of sp³-hybridized carbons (Fsp3) is 0.500. The maximum atomic E-state index is 10.9. The van der Waals surface area contributed by atoms with Crippen LogP contribution < -0.4 is 4.74 Å². The van der Waals surface area contributed by atoms with Crippen LogP contribution in [0.5, 0.6) is 5.75 Å². The van der Waals surface area contributed by atoms with Crippen LogP contribution in [0.2, 0.25) is 0 Å². The molecule has 1 fully saturated rings. The minimum Gasteiger partial charge on any atom is -0.493 e. The van der Waals surface area contributed by atoms with Gasteiger partial charge in [0.1, 0.15) is 5.75 Å². The number of carbonyl (C=O) groups is 1. The van der Waals surface area contributed by atoms with Crippen molar-refractivity contribution < 1.29 is 14.6 Å². The number of carboxylic acids is 1. The molecule has 0 aromatic heterocycles. The zero-order chi connectivity index (χ0) is 12.5. The normalized spacial score (nSPS) is 21.7. The molecule has 1 saturated carbocycles. The summed E-state index contributed by atoms with van der Waals surface area (Å²) in [6.45, 7) is 1.60. The summed E-state index contributed by atoms with van der Waals surface area (Å²) in [5, 5.41) is 8.96. The second kappa shape index (κ2) is 4.61. The number of ether oxygens (including phenoxy) is 1. The predicted octanol–water partition coefficient (Wildman–Crippen LogP) is 1.71. The number of hydrogen-bond acceptors (Lipinski definition) is 3. The fourth-order valence-electron chi connectivity index (χ4n) is 2.62. The standard InChI is InChI=1S/C14H17NO3/c16-14(17)8-15(11-5-6-11)7-10-9-18-13-4-2-1-3-12(10)13/h1-4,10-11H,5-9H2,(H,16,17). The third-order valence-electron chi connectivity index (χ3n) is 3.66. The summed E-state index contributed by atoms with van der Waals surface area (Å²) in [6.07, 6.45) is 2.25. The van der Waals surface area contributed by atoms with Crippen molar-refractivity contribution in [3.63, 3.8) is 0 Å². The van der Waals surface area contributed by atoms with Crippen LogP contribution in [0.25, 0.3) is 0 Å². The van der Waals surface area contributed by atoms with Gasteiger partial charge in [-0.2, -0.15) is 0 Å². The number of aliphatic carboxylic acids is 1. The Morgan fingerprint density at radius 3 is 2.89 bits per heavy atom. The third-order valence-corrected chi connectivity index (χ3v) is 3.66. The summed E-state index contributed by atoms with van der Waals surface area (Å²) in [5.74, 6) is 0.517. The molecule has 1 unspecified atom stereocenters. The Labute approximate surface area is 106 Å². The summed E-state index contributed by atoms with van der Waals surface area (Å²) in [7, 11) is 0. The van der Waals surface area contributed by atoms with E-state index in [2.05, 4.69) is 11.0 Å². The average Bonchev–Trinajstić information content (AvgIpc) is 3.12. The van der Waals surface area contributed by atoms with E-state index in [9.17, 15) is 4.79 Å². The van der Waals surface area contributed by atoms with E-state index >= 15 is 0 Å². The largest absolute Gasteiger partial charge is 0.493 e. The number of para-hydroxylation sites is 1. The molecule has 1 heterocycles. The van der Waals surface area contributed by atoms with Crippen molar-refractivity contribution in [3.05, 3.63) is 29.8 Å². The molecule has 0 bridgehead atoms. The van der Waals surface area contributed by atoms with Gasteiger partial charge in [-0.15, -0.1) is 0 Å². The van der Waals surface area contributed by atoms with Gasteiger partial charge < -0.3 is 9.84 Å². The molecule has 1 aliphatic carbocycles. The average molecular weight is 247 g/mol. The topological polar surface area (TPSA) is 49.8 Å². The van der Waals surface area contributed by atoms with Crippen molar-refractivity contribution in [2.24, 2.45) is 0 Å². The molecule has 1 aromatic rings. The first-order valence-corrected chi connectivity index (χ1v) is 6.41. The second-order valence-corrected chi connectivity index (χ2v) is 5.10. The second-order valence-electron chi connectivity index (χ2n) is 5.10. The SMILES string of the molecule is O=C(O)CN(CC1COc2ccccc21)C1CC1. The van der Waals surface area contributed by atoms with E-state index < -0.39 is 5.97 Å². The zero-order valence-electron chi connectivity index (χ0n) is 10.2. The molecule has 18 heavy (non-hydrogen) atoms. The fourth-order valence-corrected chi connectivity index (χ4v) is 2.62. The molecule has 96 valence electrons. The first kappa shape index (κ1) is 11.5. The molecule has 1 N–H and O–H groups in total. The number of nitrogens with zero attached hydrogens (tertiary/aromatic N) is 1. The highest BCUT2D eigenvalue weighted by molar-refractivity contribution is 5.69. The monoisotopic (exact) mass is 247 g/mol. The summed E-state index contributed by atoms with van der Waals surface area (Å²) >= 11 is 0. The Hall–Kier alpha value is -1.55. The molecular formula is C14H17NO3. The van der Waals surface area contributed by atoms with Gasteiger partial charge in [0.05, 0.1) is 13.2 Å². The van der Waals surface area contributed by atoms with E-state index in [-0.39, 0.29) is 6.54 Å². The Morgan fingerprint density at radius 2 is 2.17 bits per heavy atom. The Bertz CT molecular complexity index is 456. The Balaban J connectivity index is 1.70. The van der Waals surface area contributed by atoms with Gasteiger partial charge in [0.15, 0.2) is 0 Å². The van der Waals surface area contributed by atoms with E-state index in [0.717, 1.165) is 25.1 Å². The van der Waals surface area contributed by atoms with Crippen LogP contribution in [0.15, 0.2) is 24.3 Å². The molecule has 0 saturated heterocycles. The highest BCUT2D eigenvalue weighted by atomic mass is 16.5. The van der Waals surface area contributed by atoms with Gasteiger partial charge in [-0.3, -0.25) is 9.69 Å². The van der Waals surface area contributed by atoms with E-state index in [1.807, 2.05) is 18.2 Å². The smallest absolute Gasteiger partial charge is 0.317 e. The van der Waals surface area contributed by atoms with Crippen LogP contribution in [0.3, 0.4) is 0 Å².